The van der Waals surface area contributed by atoms with E-state index < -0.39 is 40.8 Å². The van der Waals surface area contributed by atoms with Gasteiger partial charge in [-0.2, -0.15) is 0 Å². The van der Waals surface area contributed by atoms with E-state index in [0.717, 1.165) is 49.0 Å². The average molecular weight is 814 g/mol. The lowest BCUT2D eigenvalue weighted by molar-refractivity contribution is -0.165. The van der Waals surface area contributed by atoms with Crippen LogP contribution in [0.4, 0.5) is 0 Å². The molecule has 2 saturated heterocycles. The average Bonchev–Trinajstić information content (AvgIpc) is 3.45. The number of ether oxygens (including phenoxy) is 4. The second-order valence-electron chi connectivity index (χ2n) is 16.0. The van der Waals surface area contributed by atoms with E-state index in [-0.39, 0.29) is 31.0 Å². The first-order chi connectivity index (χ1) is 29.7. The third-order valence-corrected chi connectivity index (χ3v) is 12.8. The minimum Gasteiger partial charge on any atom is -0.497 e. The van der Waals surface area contributed by atoms with Gasteiger partial charge in [0.2, 0.25) is 0 Å². The molecule has 0 spiro atoms. The summed E-state index contributed by atoms with van der Waals surface area (Å²) in [5, 5.41) is 18.8. The van der Waals surface area contributed by atoms with Gasteiger partial charge in [-0.1, -0.05) is 103 Å². The predicted octanol–water partition coefficient (Wildman–Crippen LogP) is 7.31. The Kier molecular flexibility index (Phi) is 9.28. The van der Waals surface area contributed by atoms with Crippen LogP contribution in [0.3, 0.4) is 0 Å². The summed E-state index contributed by atoms with van der Waals surface area (Å²) in [6, 6.07) is 42.2. The number of aromatic nitrogens is 2. The van der Waals surface area contributed by atoms with Gasteiger partial charge in [0.05, 0.1) is 20.8 Å². The van der Waals surface area contributed by atoms with Crippen molar-refractivity contribution in [1.29, 1.82) is 0 Å². The number of carbonyl (C=O) groups excluding carboxylic acids is 1. The van der Waals surface area contributed by atoms with Gasteiger partial charge in [0.25, 0.3) is 11.5 Å². The Morgan fingerprint density at radius 3 is 2.00 bits per heavy atom. The number of aryl methyl sites for hydroxylation is 1. The number of fused-ring (bicyclic) bond motifs is 2. The fourth-order valence-corrected chi connectivity index (χ4v) is 9.64. The van der Waals surface area contributed by atoms with Gasteiger partial charge in [0.1, 0.15) is 34.8 Å². The Hall–Kier alpha value is -6.79. The molecule has 1 amide bonds. The van der Waals surface area contributed by atoms with Crippen LogP contribution in [0.2, 0.25) is 0 Å². The van der Waals surface area contributed by atoms with Gasteiger partial charge in [0, 0.05) is 23.9 Å². The van der Waals surface area contributed by atoms with E-state index in [1.165, 1.54) is 10.8 Å². The molecule has 306 valence electrons. The van der Waals surface area contributed by atoms with Gasteiger partial charge in [-0.25, -0.2) is 4.79 Å². The third kappa shape index (κ3) is 6.02. The molecule has 2 aliphatic heterocycles. The molecule has 3 heterocycles. The van der Waals surface area contributed by atoms with Gasteiger partial charge in [-0.3, -0.25) is 19.1 Å². The summed E-state index contributed by atoms with van der Waals surface area (Å²) < 4.78 is 26.6. The molecular weight excluding hydrogens is 771 g/mol. The normalized spacial score (nSPS) is 20.1. The van der Waals surface area contributed by atoms with Crippen molar-refractivity contribution in [3.63, 3.8) is 0 Å². The van der Waals surface area contributed by atoms with Crippen molar-refractivity contribution in [3.05, 3.63) is 188 Å². The summed E-state index contributed by atoms with van der Waals surface area (Å²) >= 11 is 0. The number of rotatable bonds is 10. The summed E-state index contributed by atoms with van der Waals surface area (Å²) in [4.78, 5) is 45.4. The maximum Gasteiger partial charge on any atom is 0.330 e. The molecule has 11 nitrogen and oxygen atoms in total. The molecule has 7 aromatic carbocycles. The van der Waals surface area contributed by atoms with Crippen molar-refractivity contribution in [1.82, 2.24) is 14.5 Å². The highest BCUT2D eigenvalue weighted by atomic mass is 16.6. The SMILES string of the molecule is COc1ccc(C(OC[C@@]23CCN(C(=O)c4ccc5ccc6cccc7ccc4c5c67)C([C@H](n4cc(C)c(=O)[nH]c4=O)O2)[C@@H]3O)(c2ccccc2)c2ccc(OC)cc2)cc1. The fourth-order valence-electron chi connectivity index (χ4n) is 9.64. The van der Waals surface area contributed by atoms with E-state index in [4.69, 9.17) is 18.9 Å². The first-order valence-corrected chi connectivity index (χ1v) is 20.3. The monoisotopic (exact) mass is 813 g/mol. The zero-order valence-electron chi connectivity index (χ0n) is 33.8. The minimum absolute atomic E-state index is 0.147. The lowest BCUT2D eigenvalue weighted by Gasteiger charge is -2.44. The number of hydrogen-bond donors (Lipinski definition) is 2. The van der Waals surface area contributed by atoms with Crippen LogP contribution in [0.15, 0.2) is 149 Å². The van der Waals surface area contributed by atoms with Crippen LogP contribution in [0.1, 0.15) is 45.3 Å². The van der Waals surface area contributed by atoms with Gasteiger partial charge in [-0.05, 0) is 92.7 Å². The third-order valence-electron chi connectivity index (χ3n) is 12.8. The van der Waals surface area contributed by atoms with Gasteiger partial charge in [0.15, 0.2) is 6.23 Å². The fraction of sp³-hybridized carbons (Fsp3) is 0.220. The van der Waals surface area contributed by atoms with Crippen LogP contribution in [0.25, 0.3) is 32.3 Å². The summed E-state index contributed by atoms with van der Waals surface area (Å²) in [6.45, 7) is 1.63. The van der Waals surface area contributed by atoms with Crippen molar-refractivity contribution in [2.75, 3.05) is 27.4 Å². The molecule has 10 rings (SSSR count). The number of aromatic amines is 1. The second-order valence-corrected chi connectivity index (χ2v) is 16.0. The van der Waals surface area contributed by atoms with Crippen molar-refractivity contribution < 1.29 is 28.8 Å². The number of amides is 1. The molecule has 4 atom stereocenters. The Morgan fingerprint density at radius 2 is 1.36 bits per heavy atom. The molecule has 2 N–H and O–H groups in total. The molecule has 0 aliphatic carbocycles. The van der Waals surface area contributed by atoms with Crippen LogP contribution in [0, 0.1) is 6.92 Å². The molecule has 8 aromatic rings. The van der Waals surface area contributed by atoms with E-state index in [2.05, 4.69) is 29.2 Å². The molecule has 61 heavy (non-hydrogen) atoms. The van der Waals surface area contributed by atoms with Gasteiger partial charge < -0.3 is 29.0 Å². The van der Waals surface area contributed by atoms with Crippen LogP contribution >= 0.6 is 0 Å². The standard InChI is InChI=1S/C50H43N3O8/c1-30-28-53(48(57)51-45(30)55)47-43-44(54)49(61-47,26-27-52(43)46(56)40-25-15-33-13-12-31-8-7-9-32-14-24-39(40)42(33)41(31)32)29-60-50(34-10-5-4-6-11-34,35-16-20-37(58-2)21-17-35)36-18-22-38(59-3)23-19-36/h4-25,28,43-44,47,54H,26-27,29H2,1-3H3,(H,51,55,57)/t43?,44-,47+,49+/m0/s1. The summed E-state index contributed by atoms with van der Waals surface area (Å²) in [7, 11) is 3.22. The number of benzene rings is 7. The van der Waals surface area contributed by atoms with Crippen LogP contribution < -0.4 is 20.7 Å². The minimum atomic E-state index is -1.41. The van der Waals surface area contributed by atoms with Crippen molar-refractivity contribution in [2.45, 2.75) is 42.9 Å². The lowest BCUT2D eigenvalue weighted by atomic mass is 9.79. The van der Waals surface area contributed by atoms with E-state index in [1.807, 2.05) is 109 Å². The highest BCUT2D eigenvalue weighted by molar-refractivity contribution is 6.26. The molecule has 0 radical (unpaired) electrons. The van der Waals surface area contributed by atoms with Gasteiger partial charge >= 0.3 is 5.69 Å². The zero-order chi connectivity index (χ0) is 42.0. The number of aliphatic hydroxyl groups excluding tert-OH is 1. The summed E-state index contributed by atoms with van der Waals surface area (Å²) in [6.07, 6.45) is -0.906. The smallest absolute Gasteiger partial charge is 0.330 e. The van der Waals surface area contributed by atoms with Crippen LogP contribution in [-0.2, 0) is 15.1 Å². The van der Waals surface area contributed by atoms with Crippen LogP contribution in [-0.4, -0.2) is 70.6 Å². The largest absolute Gasteiger partial charge is 0.497 e. The van der Waals surface area contributed by atoms with E-state index in [1.54, 1.807) is 26.0 Å². The number of nitrogens with one attached hydrogen (secondary N) is 1. The number of likely N-dealkylation sites (tertiary alicyclic amines) is 1. The molecule has 11 heteroatoms. The molecule has 1 aromatic heterocycles. The molecule has 2 fully saturated rings. The van der Waals surface area contributed by atoms with E-state index in [9.17, 15) is 14.7 Å². The lowest BCUT2D eigenvalue weighted by Crippen LogP contribution is -2.60. The summed E-state index contributed by atoms with van der Waals surface area (Å²) in [5.41, 5.74) is -0.767. The molecule has 2 bridgehead atoms. The Labute approximate surface area is 350 Å². The maximum absolute atomic E-state index is 15.1. The number of nitrogens with zero attached hydrogens (tertiary/aromatic N) is 2. The quantitative estimate of drug-likeness (QED) is 0.109. The molecular formula is C50H43N3O8. The Balaban J connectivity index is 1.09. The number of hydrogen-bond acceptors (Lipinski definition) is 8. The number of H-pyrrole nitrogens is 1. The highest BCUT2D eigenvalue weighted by Crippen LogP contribution is 2.49. The molecule has 2 aliphatic rings. The Bertz CT molecular complexity index is 2990. The van der Waals surface area contributed by atoms with E-state index >= 15 is 4.79 Å². The Morgan fingerprint density at radius 1 is 0.770 bits per heavy atom. The number of piperidine rings is 1. The second kappa shape index (κ2) is 14.7. The van der Waals surface area contributed by atoms with Crippen LogP contribution in [0.5, 0.6) is 11.5 Å². The van der Waals surface area contributed by atoms with Crippen molar-refractivity contribution >= 4 is 38.2 Å². The predicted molar refractivity (Wildman–Crippen MR) is 233 cm³/mol. The first kappa shape index (κ1) is 38.4. The topological polar surface area (TPSA) is 132 Å². The van der Waals surface area contributed by atoms with Crippen molar-refractivity contribution in [2.24, 2.45) is 0 Å². The number of carbonyl (C=O) groups is 1. The first-order valence-electron chi connectivity index (χ1n) is 20.3. The van der Waals surface area contributed by atoms with E-state index in [0.29, 0.717) is 17.1 Å². The summed E-state index contributed by atoms with van der Waals surface area (Å²) in [5.74, 6) is 1.03. The highest BCUT2D eigenvalue weighted by Gasteiger charge is 2.62. The molecule has 1 unspecified atom stereocenters. The van der Waals surface area contributed by atoms with Gasteiger partial charge in [-0.15, -0.1) is 0 Å². The van der Waals surface area contributed by atoms with Crippen molar-refractivity contribution in [3.8, 4) is 11.5 Å². The maximum atomic E-state index is 15.1. The number of methoxy groups -OCH3 is 2. The zero-order valence-corrected chi connectivity index (χ0v) is 33.8. The number of aliphatic hydroxyl groups is 1. The molecule has 0 saturated carbocycles.